The molecule has 3 N–H and O–H groups in total. The van der Waals surface area contributed by atoms with Gasteiger partial charge in [-0.1, -0.05) is 30.3 Å². The minimum absolute atomic E-state index is 0.0681. The first-order chi connectivity index (χ1) is 19.3. The Balaban J connectivity index is 1.65. The lowest BCUT2D eigenvalue weighted by molar-refractivity contribution is -0.131. The molecule has 3 aromatic rings. The van der Waals surface area contributed by atoms with Gasteiger partial charge in [0.2, 0.25) is 0 Å². The maximum Gasteiger partial charge on any atom is 0.328 e. The predicted octanol–water partition coefficient (Wildman–Crippen LogP) is 6.87. The fourth-order valence-corrected chi connectivity index (χ4v) is 5.62. The van der Waals surface area contributed by atoms with Gasteiger partial charge < -0.3 is 15.7 Å². The van der Waals surface area contributed by atoms with Crippen LogP contribution in [0.5, 0.6) is 0 Å². The first-order valence-electron chi connectivity index (χ1n) is 13.6. The summed E-state index contributed by atoms with van der Waals surface area (Å²) in [6.07, 6.45) is 8.37. The summed E-state index contributed by atoms with van der Waals surface area (Å²) in [4.78, 5) is 17.4. The van der Waals surface area contributed by atoms with Gasteiger partial charge in [0.05, 0.1) is 11.6 Å². The van der Waals surface area contributed by atoms with Gasteiger partial charge in [-0.2, -0.15) is 0 Å². The van der Waals surface area contributed by atoms with Crippen molar-refractivity contribution >= 4 is 29.5 Å². The van der Waals surface area contributed by atoms with E-state index in [1.807, 2.05) is 37.3 Å². The molecule has 0 spiro atoms. The van der Waals surface area contributed by atoms with Crippen LogP contribution < -0.4 is 10.6 Å². The van der Waals surface area contributed by atoms with Crippen molar-refractivity contribution in [2.24, 2.45) is 10.7 Å². The summed E-state index contributed by atoms with van der Waals surface area (Å²) in [6, 6.07) is 15.8. The number of carbonyl (C=O) groups is 1. The van der Waals surface area contributed by atoms with Crippen molar-refractivity contribution in [1.29, 1.82) is 0 Å². The second-order valence-corrected chi connectivity index (χ2v) is 10.5. The Hall–Kier alpha value is -4.26. The molecule has 0 amide bonds. The lowest BCUT2D eigenvalue weighted by atomic mass is 9.82. The van der Waals surface area contributed by atoms with Gasteiger partial charge in [-0.15, -0.1) is 0 Å². The van der Waals surface area contributed by atoms with Gasteiger partial charge >= 0.3 is 5.97 Å². The number of nitrogens with zero attached hydrogens (tertiary/aromatic N) is 2. The Kier molecular flexibility index (Phi) is 7.83. The van der Waals surface area contributed by atoms with E-state index in [1.165, 1.54) is 42.8 Å². The molecule has 0 radical (unpaired) electrons. The summed E-state index contributed by atoms with van der Waals surface area (Å²) in [6.45, 7) is 4.64. The molecule has 5 rings (SSSR count). The number of carboxylic acids is 1. The zero-order valence-corrected chi connectivity index (χ0v) is 22.6. The highest BCUT2D eigenvalue weighted by atomic mass is 19.1. The lowest BCUT2D eigenvalue weighted by Crippen LogP contribution is -2.43. The third kappa shape index (κ3) is 5.55. The smallest absolute Gasteiger partial charge is 0.328 e. The number of anilines is 1. The molecule has 2 atom stereocenters. The molecule has 1 aliphatic heterocycles. The Morgan fingerprint density at radius 2 is 1.80 bits per heavy atom. The standard InChI is InChI=1S/C33H33F2N3O2/c1-3-37-19-26(18-36)24-9-12-28-25(17-24)14-20(2)38(27-10-7-23(8-11-27)22-5-6-22)33(28)32-29(34)15-21(16-30(32)35)4-13-31(39)40/h4,7-13,15-20,22,33H,3,5-6,14,36H2,1-2H3,(H,39,40)/b13-4+,26-18?,37-19?. The van der Waals surface area contributed by atoms with Gasteiger partial charge in [-0.25, -0.2) is 13.6 Å². The van der Waals surface area contributed by atoms with Crippen LogP contribution in [0, 0.1) is 11.6 Å². The van der Waals surface area contributed by atoms with E-state index in [1.54, 1.807) is 6.21 Å². The van der Waals surface area contributed by atoms with Crippen LogP contribution in [0.4, 0.5) is 14.5 Å². The van der Waals surface area contributed by atoms with E-state index in [4.69, 9.17) is 10.8 Å². The van der Waals surface area contributed by atoms with Gasteiger partial charge in [0.25, 0.3) is 0 Å². The van der Waals surface area contributed by atoms with Gasteiger partial charge in [0.1, 0.15) is 11.6 Å². The number of nitrogens with two attached hydrogens (primary N) is 1. The van der Waals surface area contributed by atoms with Crippen molar-refractivity contribution in [3.63, 3.8) is 0 Å². The fraction of sp³-hybridized carbons (Fsp3) is 0.273. The molecule has 0 saturated heterocycles. The number of hydrogen-bond acceptors (Lipinski definition) is 4. The predicted molar refractivity (Wildman–Crippen MR) is 157 cm³/mol. The van der Waals surface area contributed by atoms with Gasteiger partial charge in [0.15, 0.2) is 0 Å². The summed E-state index contributed by atoms with van der Waals surface area (Å²) < 4.78 is 31.6. The maximum atomic E-state index is 15.8. The van der Waals surface area contributed by atoms with Crippen molar-refractivity contribution in [1.82, 2.24) is 0 Å². The first-order valence-corrected chi connectivity index (χ1v) is 13.6. The number of aliphatic carboxylic acids is 1. The highest BCUT2D eigenvalue weighted by Gasteiger charge is 2.37. The number of rotatable bonds is 8. The molecule has 3 aromatic carbocycles. The van der Waals surface area contributed by atoms with Gasteiger partial charge in [-0.3, -0.25) is 4.99 Å². The Morgan fingerprint density at radius 1 is 1.10 bits per heavy atom. The van der Waals surface area contributed by atoms with Crippen molar-refractivity contribution in [2.45, 2.75) is 51.1 Å². The second kappa shape index (κ2) is 11.5. The lowest BCUT2D eigenvalue weighted by Gasteiger charge is -2.44. The molecule has 2 aliphatic rings. The summed E-state index contributed by atoms with van der Waals surface area (Å²) in [5, 5.41) is 8.95. The second-order valence-electron chi connectivity index (χ2n) is 10.5. The number of aliphatic imine (C=N–C) groups is 1. The largest absolute Gasteiger partial charge is 0.478 e. The summed E-state index contributed by atoms with van der Waals surface area (Å²) >= 11 is 0. The average molecular weight is 542 g/mol. The zero-order chi connectivity index (χ0) is 28.4. The summed E-state index contributed by atoms with van der Waals surface area (Å²) in [5.74, 6) is -2.04. The number of benzene rings is 3. The van der Waals surface area contributed by atoms with E-state index in [0.717, 1.165) is 34.0 Å². The fourth-order valence-electron chi connectivity index (χ4n) is 5.62. The minimum Gasteiger partial charge on any atom is -0.478 e. The van der Waals surface area contributed by atoms with Crippen LogP contribution >= 0.6 is 0 Å². The number of fused-ring (bicyclic) bond motifs is 1. The number of carboxylic acid groups (broad SMARTS) is 1. The van der Waals surface area contributed by atoms with E-state index in [2.05, 4.69) is 28.9 Å². The molecular formula is C33H33F2N3O2. The Labute approximate surface area is 233 Å². The van der Waals surface area contributed by atoms with Crippen molar-refractivity contribution in [2.75, 3.05) is 11.4 Å². The van der Waals surface area contributed by atoms with Crippen LogP contribution in [0.2, 0.25) is 0 Å². The van der Waals surface area contributed by atoms with E-state index in [0.29, 0.717) is 18.9 Å². The molecule has 1 aliphatic carbocycles. The Bertz CT molecular complexity index is 1480. The quantitative estimate of drug-likeness (QED) is 0.241. The van der Waals surface area contributed by atoms with Crippen molar-refractivity contribution < 1.29 is 18.7 Å². The third-order valence-electron chi connectivity index (χ3n) is 7.66. The highest BCUT2D eigenvalue weighted by Crippen LogP contribution is 2.45. The highest BCUT2D eigenvalue weighted by molar-refractivity contribution is 6.09. The number of allylic oxidation sites excluding steroid dienone is 1. The third-order valence-corrected chi connectivity index (χ3v) is 7.66. The maximum absolute atomic E-state index is 15.8. The van der Waals surface area contributed by atoms with Crippen LogP contribution in [0.15, 0.2) is 71.9 Å². The van der Waals surface area contributed by atoms with Crippen molar-refractivity contribution in [3.05, 3.63) is 112 Å². The molecule has 7 heteroatoms. The molecule has 1 heterocycles. The van der Waals surface area contributed by atoms with Crippen molar-refractivity contribution in [3.8, 4) is 0 Å². The minimum atomic E-state index is -1.19. The SMILES string of the molecule is CCN=CC(=CN)c1ccc2c(c1)CC(C)N(c1ccc(C3CC3)cc1)C2c1c(F)cc(/C=C/C(=O)O)cc1F. The van der Waals surface area contributed by atoms with E-state index in [9.17, 15) is 4.79 Å². The molecule has 1 fully saturated rings. The van der Waals surface area contributed by atoms with E-state index < -0.39 is 23.6 Å². The van der Waals surface area contributed by atoms with Crippen LogP contribution in [0.3, 0.4) is 0 Å². The van der Waals surface area contributed by atoms with Crippen LogP contribution in [0.25, 0.3) is 11.6 Å². The van der Waals surface area contributed by atoms with E-state index in [-0.39, 0.29) is 17.2 Å². The molecular weight excluding hydrogens is 508 g/mol. The molecule has 1 saturated carbocycles. The molecule has 2 unspecified atom stereocenters. The topological polar surface area (TPSA) is 78.9 Å². The van der Waals surface area contributed by atoms with Crippen LogP contribution in [-0.4, -0.2) is 29.9 Å². The zero-order valence-electron chi connectivity index (χ0n) is 22.6. The summed E-state index contributed by atoms with van der Waals surface area (Å²) in [5.41, 5.74) is 11.6. The molecule has 40 heavy (non-hydrogen) atoms. The molecule has 0 bridgehead atoms. The summed E-state index contributed by atoms with van der Waals surface area (Å²) in [7, 11) is 0. The number of halogens is 2. The normalized spacial score (nSPS) is 19.4. The molecule has 206 valence electrons. The molecule has 0 aromatic heterocycles. The number of hydrogen-bond donors (Lipinski definition) is 2. The van der Waals surface area contributed by atoms with Crippen LogP contribution in [0.1, 0.15) is 72.0 Å². The van der Waals surface area contributed by atoms with Crippen LogP contribution in [-0.2, 0) is 11.2 Å². The van der Waals surface area contributed by atoms with Gasteiger partial charge in [0, 0.05) is 42.3 Å². The molecule has 5 nitrogen and oxygen atoms in total. The van der Waals surface area contributed by atoms with Gasteiger partial charge in [-0.05, 0) is 97.2 Å². The van der Waals surface area contributed by atoms with E-state index >= 15 is 8.78 Å². The monoisotopic (exact) mass is 541 g/mol. The first kappa shape index (κ1) is 27.3. The average Bonchev–Trinajstić information content (AvgIpc) is 3.78. The Morgan fingerprint density at radius 3 is 2.40 bits per heavy atom.